The number of morpholine rings is 1. The normalized spacial score (nSPS) is 20.0. The Hall–Kier alpha value is -0.480. The quantitative estimate of drug-likeness (QED) is 0.907. The number of hydrogen-bond acceptors (Lipinski definition) is 3. The molecule has 2 rings (SSSR count). The summed E-state index contributed by atoms with van der Waals surface area (Å²) in [5.41, 5.74) is 0.696. The Morgan fingerprint density at radius 2 is 2.11 bits per heavy atom. The van der Waals surface area contributed by atoms with Crippen molar-refractivity contribution in [3.05, 3.63) is 27.7 Å². The summed E-state index contributed by atoms with van der Waals surface area (Å²) in [7, 11) is 0. The zero-order chi connectivity index (χ0) is 13.3. The van der Waals surface area contributed by atoms with Gasteiger partial charge >= 0.3 is 0 Å². The molecule has 0 bridgehead atoms. The molecule has 1 heterocycles. The van der Waals surface area contributed by atoms with E-state index in [9.17, 15) is 5.11 Å². The van der Waals surface area contributed by atoms with Gasteiger partial charge < -0.3 is 9.84 Å². The van der Waals surface area contributed by atoms with E-state index in [1.54, 1.807) is 12.1 Å². The van der Waals surface area contributed by atoms with E-state index in [1.807, 2.05) is 0 Å². The Balaban J connectivity index is 2.23. The molecule has 1 N–H and O–H groups in total. The van der Waals surface area contributed by atoms with E-state index in [0.29, 0.717) is 29.8 Å². The van der Waals surface area contributed by atoms with E-state index < -0.39 is 0 Å². The summed E-state index contributed by atoms with van der Waals surface area (Å²) in [5.74, 6) is 0.114. The molecule has 1 aliphatic rings. The molecule has 0 saturated carbocycles. The number of benzene rings is 1. The Kier molecular flexibility index (Phi) is 4.07. The molecule has 1 saturated heterocycles. The fourth-order valence-electron chi connectivity index (χ4n) is 2.13. The minimum absolute atomic E-state index is 0.0561. The second-order valence-corrected chi connectivity index (χ2v) is 6.03. The second-order valence-electron chi connectivity index (χ2n) is 5.18. The van der Waals surface area contributed by atoms with Crippen LogP contribution >= 0.6 is 23.2 Å². The van der Waals surface area contributed by atoms with E-state index in [1.165, 1.54) is 0 Å². The van der Waals surface area contributed by atoms with Gasteiger partial charge in [-0.2, -0.15) is 0 Å². The number of nitrogens with zero attached hydrogens (tertiary/aromatic N) is 1. The number of phenolic OH excluding ortho intramolecular Hbond substituents is 1. The third-order valence-corrected chi connectivity index (χ3v) is 3.79. The zero-order valence-electron chi connectivity index (χ0n) is 10.5. The standard InChI is InChI=1S/C13H17Cl2NO2/c1-13(2)8-18-4-3-16(13)7-9-5-10(14)6-11(15)12(9)17/h5-6,17H,3-4,7-8H2,1-2H3. The van der Waals surface area contributed by atoms with Crippen LogP contribution in [0.5, 0.6) is 5.75 Å². The predicted octanol–water partition coefficient (Wildman–Crippen LogP) is 3.31. The average molecular weight is 290 g/mol. The molecule has 1 aromatic rings. The summed E-state index contributed by atoms with van der Waals surface area (Å²) >= 11 is 11.9. The molecule has 5 heteroatoms. The van der Waals surface area contributed by atoms with Gasteiger partial charge in [0.05, 0.1) is 18.2 Å². The van der Waals surface area contributed by atoms with Gasteiger partial charge in [-0.1, -0.05) is 23.2 Å². The van der Waals surface area contributed by atoms with E-state index >= 15 is 0 Å². The minimum atomic E-state index is -0.0561. The summed E-state index contributed by atoms with van der Waals surface area (Å²) in [6, 6.07) is 3.31. The van der Waals surface area contributed by atoms with E-state index in [4.69, 9.17) is 27.9 Å². The molecule has 0 atom stereocenters. The average Bonchev–Trinajstić information content (AvgIpc) is 2.27. The Bertz CT molecular complexity index is 449. The maximum atomic E-state index is 9.97. The molecule has 0 amide bonds. The first-order valence-corrected chi connectivity index (χ1v) is 6.65. The first-order valence-electron chi connectivity index (χ1n) is 5.90. The van der Waals surface area contributed by atoms with Crippen molar-refractivity contribution in [2.24, 2.45) is 0 Å². The third-order valence-electron chi connectivity index (χ3n) is 3.29. The lowest BCUT2D eigenvalue weighted by molar-refractivity contribution is -0.0554. The molecular weight excluding hydrogens is 273 g/mol. The van der Waals surface area contributed by atoms with Crippen LogP contribution in [0.15, 0.2) is 12.1 Å². The molecule has 0 aliphatic carbocycles. The van der Waals surface area contributed by atoms with Gasteiger partial charge in [0.2, 0.25) is 0 Å². The van der Waals surface area contributed by atoms with Crippen molar-refractivity contribution in [1.29, 1.82) is 0 Å². The van der Waals surface area contributed by atoms with Crippen molar-refractivity contribution in [3.63, 3.8) is 0 Å². The van der Waals surface area contributed by atoms with Crippen LogP contribution in [0.25, 0.3) is 0 Å². The summed E-state index contributed by atoms with van der Waals surface area (Å²) < 4.78 is 5.47. The van der Waals surface area contributed by atoms with Gasteiger partial charge in [-0.05, 0) is 26.0 Å². The summed E-state index contributed by atoms with van der Waals surface area (Å²) in [4.78, 5) is 2.26. The van der Waals surface area contributed by atoms with Crippen LogP contribution in [0, 0.1) is 0 Å². The molecule has 0 spiro atoms. The highest BCUT2D eigenvalue weighted by Crippen LogP contribution is 2.33. The highest BCUT2D eigenvalue weighted by atomic mass is 35.5. The highest BCUT2D eigenvalue weighted by Gasteiger charge is 2.31. The third kappa shape index (κ3) is 2.91. The summed E-state index contributed by atoms with van der Waals surface area (Å²) in [6.07, 6.45) is 0. The Labute approximate surface area is 117 Å². The van der Waals surface area contributed by atoms with Crippen molar-refractivity contribution in [2.45, 2.75) is 25.9 Å². The number of hydrogen-bond donors (Lipinski definition) is 1. The maximum Gasteiger partial charge on any atom is 0.138 e. The van der Waals surface area contributed by atoms with Crippen LogP contribution in [-0.4, -0.2) is 35.3 Å². The predicted molar refractivity (Wildman–Crippen MR) is 73.4 cm³/mol. The van der Waals surface area contributed by atoms with Crippen molar-refractivity contribution in [3.8, 4) is 5.75 Å². The van der Waals surface area contributed by atoms with Crippen molar-refractivity contribution >= 4 is 23.2 Å². The molecule has 100 valence electrons. The highest BCUT2D eigenvalue weighted by molar-refractivity contribution is 6.35. The number of halogens is 2. The zero-order valence-corrected chi connectivity index (χ0v) is 12.1. The lowest BCUT2D eigenvalue weighted by Gasteiger charge is -2.42. The molecule has 0 unspecified atom stereocenters. The number of phenols is 1. The molecular formula is C13H17Cl2NO2. The van der Waals surface area contributed by atoms with Gasteiger partial charge in [0.15, 0.2) is 0 Å². The van der Waals surface area contributed by atoms with Crippen LogP contribution in [0.3, 0.4) is 0 Å². The van der Waals surface area contributed by atoms with Crippen molar-refractivity contribution < 1.29 is 9.84 Å². The first-order chi connectivity index (χ1) is 8.40. The first kappa shape index (κ1) is 13.9. The van der Waals surface area contributed by atoms with E-state index in [-0.39, 0.29) is 11.3 Å². The van der Waals surface area contributed by atoms with E-state index in [2.05, 4.69) is 18.7 Å². The fourth-order valence-corrected chi connectivity index (χ4v) is 2.66. The van der Waals surface area contributed by atoms with Gasteiger partial charge in [-0.15, -0.1) is 0 Å². The van der Waals surface area contributed by atoms with Crippen LogP contribution in [-0.2, 0) is 11.3 Å². The van der Waals surface area contributed by atoms with Gasteiger partial charge in [-0.25, -0.2) is 0 Å². The maximum absolute atomic E-state index is 9.97. The minimum Gasteiger partial charge on any atom is -0.506 e. The van der Waals surface area contributed by atoms with Gasteiger partial charge in [0.25, 0.3) is 0 Å². The van der Waals surface area contributed by atoms with Crippen molar-refractivity contribution in [2.75, 3.05) is 19.8 Å². The number of aromatic hydroxyl groups is 1. The number of ether oxygens (including phenoxy) is 1. The van der Waals surface area contributed by atoms with Gasteiger partial charge in [0, 0.05) is 29.2 Å². The lowest BCUT2D eigenvalue weighted by Crippen LogP contribution is -2.52. The molecule has 1 fully saturated rings. The summed E-state index contributed by atoms with van der Waals surface area (Å²) in [5, 5.41) is 10.8. The Morgan fingerprint density at radius 1 is 1.39 bits per heavy atom. The molecule has 3 nitrogen and oxygen atoms in total. The molecule has 0 radical (unpaired) electrons. The molecule has 18 heavy (non-hydrogen) atoms. The second kappa shape index (κ2) is 5.25. The van der Waals surface area contributed by atoms with Crippen LogP contribution in [0.1, 0.15) is 19.4 Å². The fraction of sp³-hybridized carbons (Fsp3) is 0.538. The topological polar surface area (TPSA) is 32.7 Å². The van der Waals surface area contributed by atoms with Gasteiger partial charge in [0.1, 0.15) is 5.75 Å². The van der Waals surface area contributed by atoms with E-state index in [0.717, 1.165) is 12.1 Å². The largest absolute Gasteiger partial charge is 0.506 e. The van der Waals surface area contributed by atoms with Crippen LogP contribution in [0.4, 0.5) is 0 Å². The van der Waals surface area contributed by atoms with Crippen molar-refractivity contribution in [1.82, 2.24) is 4.90 Å². The molecule has 1 aromatic carbocycles. The number of rotatable bonds is 2. The monoisotopic (exact) mass is 289 g/mol. The molecule has 0 aromatic heterocycles. The van der Waals surface area contributed by atoms with Crippen LogP contribution in [0.2, 0.25) is 10.0 Å². The van der Waals surface area contributed by atoms with Gasteiger partial charge in [-0.3, -0.25) is 4.90 Å². The smallest absolute Gasteiger partial charge is 0.138 e. The molecule has 1 aliphatic heterocycles. The Morgan fingerprint density at radius 3 is 2.78 bits per heavy atom. The van der Waals surface area contributed by atoms with Crippen LogP contribution < -0.4 is 0 Å². The summed E-state index contributed by atoms with van der Waals surface area (Å²) in [6.45, 7) is 7.07. The lowest BCUT2D eigenvalue weighted by atomic mass is 10.0. The SMILES string of the molecule is CC1(C)COCCN1Cc1cc(Cl)cc(Cl)c1O.